The van der Waals surface area contributed by atoms with Gasteiger partial charge in [0.05, 0.1) is 12.2 Å². The zero-order chi connectivity index (χ0) is 22.0. The van der Waals surface area contributed by atoms with Crippen LogP contribution in [0.2, 0.25) is 0 Å². The summed E-state index contributed by atoms with van der Waals surface area (Å²) in [6.07, 6.45) is 2.55. The lowest BCUT2D eigenvalue weighted by atomic mass is 9.99. The van der Waals surface area contributed by atoms with Crippen LogP contribution in [0.25, 0.3) is 0 Å². The van der Waals surface area contributed by atoms with Crippen LogP contribution < -0.4 is 10.6 Å². The molecule has 2 N–H and O–H groups in total. The van der Waals surface area contributed by atoms with Gasteiger partial charge in [-0.05, 0) is 47.0 Å². The highest BCUT2D eigenvalue weighted by Gasteiger charge is 2.22. The fraction of sp³-hybridized carbons (Fsp3) is 0.762. The zero-order valence-electron chi connectivity index (χ0n) is 19.3. The fourth-order valence-electron chi connectivity index (χ4n) is 2.81. The Morgan fingerprint density at radius 3 is 2.52 bits per heavy atom. The van der Waals surface area contributed by atoms with Crippen molar-refractivity contribution in [1.29, 1.82) is 0 Å². The molecule has 1 aromatic rings. The van der Waals surface area contributed by atoms with Gasteiger partial charge in [0.2, 0.25) is 0 Å². The maximum absolute atomic E-state index is 12.1. The number of rotatable bonds is 9. The molecule has 0 saturated heterocycles. The minimum atomic E-state index is -0.496. The number of nitrogens with one attached hydrogen (secondary N) is 2. The van der Waals surface area contributed by atoms with Crippen LogP contribution in [0.4, 0.5) is 4.79 Å². The van der Waals surface area contributed by atoms with Gasteiger partial charge in [-0.15, -0.1) is 0 Å². The standard InChI is InChI=1S/C21H39N5O3/c1-9-16(10-2)18-13-17(29-25-18)14-24-19(22-7)23-12-11-15(3)26(8)20(27)28-21(4,5)6/h13,15-16H,9-12,14H2,1-8H3,(H2,22,23,24). The molecule has 0 fully saturated rings. The highest BCUT2D eigenvalue weighted by molar-refractivity contribution is 5.79. The third-order valence-electron chi connectivity index (χ3n) is 4.83. The maximum Gasteiger partial charge on any atom is 0.410 e. The van der Waals surface area contributed by atoms with Crippen molar-refractivity contribution >= 4 is 12.1 Å². The molecule has 0 bridgehead atoms. The van der Waals surface area contributed by atoms with Crippen molar-refractivity contribution in [3.8, 4) is 0 Å². The molecule has 166 valence electrons. The average Bonchev–Trinajstić information content (AvgIpc) is 3.12. The molecular formula is C21H39N5O3. The van der Waals surface area contributed by atoms with Crippen LogP contribution >= 0.6 is 0 Å². The first kappa shape index (κ1) is 24.8. The first-order chi connectivity index (χ1) is 13.6. The molecule has 1 aromatic heterocycles. The first-order valence-electron chi connectivity index (χ1n) is 10.5. The molecule has 29 heavy (non-hydrogen) atoms. The molecule has 0 aliphatic rings. The van der Waals surface area contributed by atoms with Gasteiger partial charge in [-0.3, -0.25) is 4.99 Å². The Bertz CT molecular complexity index is 647. The van der Waals surface area contributed by atoms with Crippen molar-refractivity contribution in [3.63, 3.8) is 0 Å². The van der Waals surface area contributed by atoms with Crippen LogP contribution in [0.15, 0.2) is 15.6 Å². The summed E-state index contributed by atoms with van der Waals surface area (Å²) in [5.74, 6) is 1.90. The number of hydrogen-bond donors (Lipinski definition) is 2. The second-order valence-corrected chi connectivity index (χ2v) is 8.31. The molecule has 0 saturated carbocycles. The number of carbonyl (C=O) groups excluding carboxylic acids is 1. The van der Waals surface area contributed by atoms with Crippen LogP contribution in [-0.2, 0) is 11.3 Å². The molecule has 8 heteroatoms. The molecule has 0 radical (unpaired) electrons. The van der Waals surface area contributed by atoms with Gasteiger partial charge < -0.3 is 24.8 Å². The summed E-state index contributed by atoms with van der Waals surface area (Å²) in [5, 5.41) is 10.7. The molecule has 8 nitrogen and oxygen atoms in total. The van der Waals surface area contributed by atoms with E-state index in [1.54, 1.807) is 19.0 Å². The minimum absolute atomic E-state index is 0.0345. The van der Waals surface area contributed by atoms with Gasteiger partial charge in [-0.25, -0.2) is 4.79 Å². The number of aliphatic imine (C=N–C) groups is 1. The Morgan fingerprint density at radius 1 is 1.31 bits per heavy atom. The van der Waals surface area contributed by atoms with E-state index in [-0.39, 0.29) is 12.1 Å². The highest BCUT2D eigenvalue weighted by Crippen LogP contribution is 2.22. The Balaban J connectivity index is 2.42. The Hall–Kier alpha value is -2.25. The molecule has 0 aromatic carbocycles. The van der Waals surface area contributed by atoms with Crippen molar-refractivity contribution in [1.82, 2.24) is 20.7 Å². The lowest BCUT2D eigenvalue weighted by Gasteiger charge is -2.28. The third-order valence-corrected chi connectivity index (χ3v) is 4.83. The predicted octanol–water partition coefficient (Wildman–Crippen LogP) is 3.89. The van der Waals surface area contributed by atoms with E-state index in [1.807, 2.05) is 33.8 Å². The largest absolute Gasteiger partial charge is 0.444 e. The molecular weight excluding hydrogens is 370 g/mol. The van der Waals surface area contributed by atoms with Gasteiger partial charge >= 0.3 is 6.09 Å². The molecule has 0 aliphatic heterocycles. The second kappa shape index (κ2) is 11.7. The van der Waals surface area contributed by atoms with Crippen molar-refractivity contribution in [2.45, 2.75) is 84.9 Å². The van der Waals surface area contributed by atoms with Crippen LogP contribution in [0.3, 0.4) is 0 Å². The van der Waals surface area contributed by atoms with Gasteiger partial charge in [0.25, 0.3) is 0 Å². The molecule has 1 rings (SSSR count). The summed E-state index contributed by atoms with van der Waals surface area (Å²) in [6.45, 7) is 13.1. The van der Waals surface area contributed by atoms with Crippen LogP contribution in [0.5, 0.6) is 0 Å². The number of aromatic nitrogens is 1. The van der Waals surface area contributed by atoms with E-state index in [2.05, 4.69) is 34.6 Å². The smallest absolute Gasteiger partial charge is 0.410 e. The van der Waals surface area contributed by atoms with Crippen LogP contribution in [0.1, 0.15) is 78.2 Å². The predicted molar refractivity (Wildman–Crippen MR) is 116 cm³/mol. The number of nitrogens with zero attached hydrogens (tertiary/aromatic N) is 3. The van der Waals surface area contributed by atoms with E-state index < -0.39 is 5.60 Å². The lowest BCUT2D eigenvalue weighted by molar-refractivity contribution is 0.0230. The Morgan fingerprint density at radius 2 is 1.97 bits per heavy atom. The quantitative estimate of drug-likeness (QED) is 0.475. The number of carbonyl (C=O) groups is 1. The molecule has 0 spiro atoms. The normalized spacial score (nSPS) is 13.3. The number of amides is 1. The highest BCUT2D eigenvalue weighted by atomic mass is 16.6. The van der Waals surface area contributed by atoms with E-state index in [0.717, 1.165) is 30.7 Å². The van der Waals surface area contributed by atoms with Crippen molar-refractivity contribution in [2.75, 3.05) is 20.6 Å². The van der Waals surface area contributed by atoms with Gasteiger partial charge in [-0.2, -0.15) is 0 Å². The lowest BCUT2D eigenvalue weighted by Crippen LogP contribution is -2.42. The van der Waals surface area contributed by atoms with E-state index in [0.29, 0.717) is 25.0 Å². The van der Waals surface area contributed by atoms with Crippen molar-refractivity contribution in [2.24, 2.45) is 4.99 Å². The van der Waals surface area contributed by atoms with Gasteiger partial charge in [0.15, 0.2) is 11.7 Å². The summed E-state index contributed by atoms with van der Waals surface area (Å²) in [7, 11) is 3.48. The summed E-state index contributed by atoms with van der Waals surface area (Å²) in [6, 6.07) is 2.04. The van der Waals surface area contributed by atoms with E-state index in [1.165, 1.54) is 0 Å². The number of ether oxygens (including phenoxy) is 1. The molecule has 1 heterocycles. The Kier molecular flexibility index (Phi) is 9.98. The third kappa shape index (κ3) is 8.75. The van der Waals surface area contributed by atoms with Crippen LogP contribution in [-0.4, -0.2) is 54.4 Å². The SMILES string of the molecule is CCC(CC)c1cc(CNC(=NC)NCCC(C)N(C)C(=O)OC(C)(C)C)on1. The van der Waals surface area contributed by atoms with E-state index in [9.17, 15) is 4.79 Å². The van der Waals surface area contributed by atoms with Crippen molar-refractivity contribution < 1.29 is 14.1 Å². The number of guanidine groups is 1. The average molecular weight is 410 g/mol. The first-order valence-corrected chi connectivity index (χ1v) is 10.5. The van der Waals surface area contributed by atoms with Gasteiger partial charge in [-0.1, -0.05) is 19.0 Å². The molecule has 1 amide bonds. The summed E-state index contributed by atoms with van der Waals surface area (Å²) in [4.78, 5) is 18.0. The monoisotopic (exact) mass is 409 g/mol. The fourth-order valence-corrected chi connectivity index (χ4v) is 2.81. The Labute approximate surface area is 175 Å². The van der Waals surface area contributed by atoms with Gasteiger partial charge in [0, 0.05) is 38.7 Å². The zero-order valence-corrected chi connectivity index (χ0v) is 19.3. The summed E-state index contributed by atoms with van der Waals surface area (Å²) >= 11 is 0. The summed E-state index contributed by atoms with van der Waals surface area (Å²) in [5.41, 5.74) is 0.512. The van der Waals surface area contributed by atoms with Gasteiger partial charge in [0.1, 0.15) is 5.60 Å². The minimum Gasteiger partial charge on any atom is -0.444 e. The molecule has 0 aliphatic carbocycles. The summed E-state index contributed by atoms with van der Waals surface area (Å²) < 4.78 is 10.8. The topological polar surface area (TPSA) is 92.0 Å². The molecule has 1 atom stereocenters. The molecule has 1 unspecified atom stereocenters. The number of hydrogen-bond acceptors (Lipinski definition) is 5. The van der Waals surface area contributed by atoms with Crippen molar-refractivity contribution in [3.05, 3.63) is 17.5 Å². The van der Waals surface area contributed by atoms with E-state index >= 15 is 0 Å². The van der Waals surface area contributed by atoms with E-state index in [4.69, 9.17) is 9.26 Å². The maximum atomic E-state index is 12.1. The van der Waals surface area contributed by atoms with Crippen LogP contribution in [0, 0.1) is 0 Å². The second-order valence-electron chi connectivity index (χ2n) is 8.31.